The molecule has 0 fully saturated rings. The van der Waals surface area contributed by atoms with Gasteiger partial charge in [0.25, 0.3) is 0 Å². The summed E-state index contributed by atoms with van der Waals surface area (Å²) in [6.45, 7) is 4.06. The van der Waals surface area contributed by atoms with Gasteiger partial charge in [0.05, 0.1) is 5.70 Å². The highest BCUT2D eigenvalue weighted by Gasteiger charge is 2.24. The number of aromatic hydroxyl groups is 2. The molecule has 0 radical (unpaired) electrons. The van der Waals surface area contributed by atoms with Crippen LogP contribution in [0.2, 0.25) is 0 Å². The molecule has 5 nitrogen and oxygen atoms in total. The van der Waals surface area contributed by atoms with Gasteiger partial charge in [0.1, 0.15) is 11.5 Å². The third kappa shape index (κ3) is 4.76. The molecule has 0 bridgehead atoms. The average molecular weight is 492 g/mol. The van der Waals surface area contributed by atoms with E-state index in [0.717, 1.165) is 36.2 Å². The molecular formula is C29H37N3O2S. The molecule has 1 aliphatic carbocycles. The molecule has 6 heteroatoms. The zero-order valence-corrected chi connectivity index (χ0v) is 22.1. The summed E-state index contributed by atoms with van der Waals surface area (Å²) >= 11 is 5.81. The van der Waals surface area contributed by atoms with Crippen LogP contribution in [0.15, 0.2) is 36.4 Å². The molecule has 4 rings (SSSR count). The summed E-state index contributed by atoms with van der Waals surface area (Å²) in [5, 5.41) is 26.1. The van der Waals surface area contributed by atoms with E-state index in [2.05, 4.69) is 48.1 Å². The van der Waals surface area contributed by atoms with Crippen molar-refractivity contribution >= 4 is 39.6 Å². The number of hydrogen-bond donors (Lipinski definition) is 3. The van der Waals surface area contributed by atoms with Gasteiger partial charge in [0.15, 0.2) is 5.11 Å². The van der Waals surface area contributed by atoms with Crippen molar-refractivity contribution < 1.29 is 10.2 Å². The maximum Gasteiger partial charge on any atom is 0.177 e. The van der Waals surface area contributed by atoms with Crippen molar-refractivity contribution in [3.63, 3.8) is 0 Å². The molecule has 0 saturated heterocycles. The molecule has 35 heavy (non-hydrogen) atoms. The number of hydrogen-bond acceptors (Lipinski definition) is 3. The van der Waals surface area contributed by atoms with Crippen molar-refractivity contribution in [1.29, 1.82) is 0 Å². The van der Waals surface area contributed by atoms with Crippen molar-refractivity contribution in [2.45, 2.75) is 65.2 Å². The predicted molar refractivity (Wildman–Crippen MR) is 150 cm³/mol. The van der Waals surface area contributed by atoms with Gasteiger partial charge < -0.3 is 20.1 Å². The lowest BCUT2D eigenvalue weighted by molar-refractivity contribution is 0.445. The zero-order valence-electron chi connectivity index (χ0n) is 21.3. The first-order chi connectivity index (χ1) is 16.9. The second-order valence-corrected chi connectivity index (χ2v) is 9.73. The number of anilines is 1. The van der Waals surface area contributed by atoms with Crippen LogP contribution in [0.5, 0.6) is 11.5 Å². The zero-order chi connectivity index (χ0) is 25.1. The standard InChI is InChI=1S/C29H37N3O2S/c1-5-11-26(23-16-19(6-2)27(33)18-28(23)34)32(29(35)30-3)20-14-15-25-22(17-20)21-12-9-7-8-10-13-24(21)31(25)4/h11,14-18,33-34H,5-10,12-13H2,1-4H3,(H,30,35). The van der Waals surface area contributed by atoms with E-state index in [0.29, 0.717) is 17.1 Å². The molecule has 0 amide bonds. The van der Waals surface area contributed by atoms with E-state index in [1.807, 2.05) is 24.9 Å². The van der Waals surface area contributed by atoms with Crippen LogP contribution in [0.25, 0.3) is 16.6 Å². The minimum absolute atomic E-state index is 0.0363. The molecular weight excluding hydrogens is 454 g/mol. The lowest BCUT2D eigenvalue weighted by Crippen LogP contribution is -2.36. The minimum Gasteiger partial charge on any atom is -0.508 e. The number of nitrogens with one attached hydrogen (secondary N) is 1. The SMILES string of the molecule is CCC=C(c1cc(CC)c(O)cc1O)N(C(=S)NC)c1ccc2c(c1)c1c(n2C)CCCCCC1. The summed E-state index contributed by atoms with van der Waals surface area (Å²) in [5.41, 5.74) is 7.36. The van der Waals surface area contributed by atoms with E-state index in [4.69, 9.17) is 12.2 Å². The maximum absolute atomic E-state index is 10.9. The second-order valence-electron chi connectivity index (χ2n) is 9.34. The molecule has 3 aromatic rings. The van der Waals surface area contributed by atoms with Gasteiger partial charge in [-0.05, 0) is 86.1 Å². The summed E-state index contributed by atoms with van der Waals surface area (Å²) in [6, 6.07) is 9.86. The smallest absolute Gasteiger partial charge is 0.177 e. The number of rotatable bonds is 5. The van der Waals surface area contributed by atoms with Crippen molar-refractivity contribution in [2.24, 2.45) is 7.05 Å². The Balaban J connectivity index is 1.91. The molecule has 0 unspecified atom stereocenters. The van der Waals surface area contributed by atoms with Crippen LogP contribution >= 0.6 is 12.2 Å². The van der Waals surface area contributed by atoms with Crippen molar-refractivity contribution in [3.8, 4) is 11.5 Å². The van der Waals surface area contributed by atoms with E-state index in [-0.39, 0.29) is 11.5 Å². The number of aromatic nitrogens is 1. The summed E-state index contributed by atoms with van der Waals surface area (Å²) < 4.78 is 2.36. The van der Waals surface area contributed by atoms with Crippen LogP contribution in [0.4, 0.5) is 5.69 Å². The van der Waals surface area contributed by atoms with Crippen LogP contribution < -0.4 is 10.2 Å². The number of aryl methyl sites for hydroxylation is 3. The fraction of sp³-hybridized carbons (Fsp3) is 0.414. The van der Waals surface area contributed by atoms with Crippen molar-refractivity contribution in [3.05, 3.63) is 58.8 Å². The largest absolute Gasteiger partial charge is 0.508 e. The summed E-state index contributed by atoms with van der Waals surface area (Å²) in [4.78, 5) is 2.01. The number of phenolic OH excluding ortho intramolecular Hbond substituents is 2. The first-order valence-corrected chi connectivity index (χ1v) is 13.2. The molecule has 2 aromatic carbocycles. The van der Waals surface area contributed by atoms with Crippen LogP contribution in [-0.2, 0) is 26.3 Å². The average Bonchev–Trinajstić information content (AvgIpc) is 3.08. The summed E-state index contributed by atoms with van der Waals surface area (Å²) in [6.07, 6.45) is 10.8. The third-order valence-corrected chi connectivity index (χ3v) is 7.56. The Morgan fingerprint density at radius 1 is 1.06 bits per heavy atom. The summed E-state index contributed by atoms with van der Waals surface area (Å²) in [7, 11) is 4.01. The third-order valence-electron chi connectivity index (χ3n) is 7.18. The van der Waals surface area contributed by atoms with Crippen LogP contribution in [0.1, 0.15) is 68.3 Å². The van der Waals surface area contributed by atoms with Crippen molar-refractivity contribution in [2.75, 3.05) is 11.9 Å². The Bertz CT molecular complexity index is 1270. The molecule has 0 atom stereocenters. The Hall–Kier alpha value is -2.99. The molecule has 1 aromatic heterocycles. The molecule has 3 N–H and O–H groups in total. The number of fused-ring (bicyclic) bond motifs is 3. The first-order valence-electron chi connectivity index (χ1n) is 12.8. The number of nitrogens with zero attached hydrogens (tertiary/aromatic N) is 2. The lowest BCUT2D eigenvalue weighted by Gasteiger charge is -2.29. The Morgan fingerprint density at radius 3 is 2.49 bits per heavy atom. The topological polar surface area (TPSA) is 60.7 Å². The van der Waals surface area contributed by atoms with Gasteiger partial charge in [0, 0.05) is 48.0 Å². The predicted octanol–water partition coefficient (Wildman–Crippen LogP) is 6.57. The van der Waals surface area contributed by atoms with Crippen molar-refractivity contribution in [1.82, 2.24) is 9.88 Å². The molecule has 0 spiro atoms. The summed E-state index contributed by atoms with van der Waals surface area (Å²) in [5.74, 6) is 0.144. The molecule has 186 valence electrons. The fourth-order valence-electron chi connectivity index (χ4n) is 5.35. The van der Waals surface area contributed by atoms with Crippen LogP contribution in [0, 0.1) is 0 Å². The highest BCUT2D eigenvalue weighted by Crippen LogP contribution is 2.39. The Labute approximate surface area is 214 Å². The van der Waals surface area contributed by atoms with E-state index >= 15 is 0 Å². The second kappa shape index (κ2) is 10.7. The normalized spacial score (nSPS) is 14.3. The van der Waals surface area contributed by atoms with Gasteiger partial charge in [-0.25, -0.2) is 0 Å². The minimum atomic E-state index is 0.0363. The highest BCUT2D eigenvalue weighted by atomic mass is 32.1. The number of phenols is 2. The van der Waals surface area contributed by atoms with Gasteiger partial charge in [-0.1, -0.05) is 32.8 Å². The monoisotopic (exact) mass is 491 g/mol. The Kier molecular flexibility index (Phi) is 7.70. The highest BCUT2D eigenvalue weighted by molar-refractivity contribution is 7.80. The van der Waals surface area contributed by atoms with Gasteiger partial charge in [-0.2, -0.15) is 0 Å². The Morgan fingerprint density at radius 2 is 1.80 bits per heavy atom. The molecule has 0 saturated carbocycles. The molecule has 0 aliphatic heterocycles. The van der Waals surface area contributed by atoms with Crippen LogP contribution in [0.3, 0.4) is 0 Å². The van der Waals surface area contributed by atoms with Gasteiger partial charge in [-0.15, -0.1) is 0 Å². The number of thiocarbonyl (C=S) groups is 1. The first kappa shape index (κ1) is 25.1. The lowest BCUT2D eigenvalue weighted by atomic mass is 9.96. The quantitative estimate of drug-likeness (QED) is 0.352. The van der Waals surface area contributed by atoms with Gasteiger partial charge >= 0.3 is 0 Å². The fourth-order valence-corrected chi connectivity index (χ4v) is 5.55. The van der Waals surface area contributed by atoms with E-state index in [9.17, 15) is 10.2 Å². The maximum atomic E-state index is 10.9. The molecule has 1 aliphatic rings. The number of benzene rings is 2. The number of allylic oxidation sites excluding steroid dienone is 1. The molecule has 1 heterocycles. The van der Waals surface area contributed by atoms with Gasteiger partial charge in [0.2, 0.25) is 0 Å². The van der Waals surface area contributed by atoms with E-state index < -0.39 is 0 Å². The van der Waals surface area contributed by atoms with E-state index in [1.165, 1.54) is 53.9 Å². The van der Waals surface area contributed by atoms with Gasteiger partial charge in [-0.3, -0.25) is 4.90 Å². The van der Waals surface area contributed by atoms with Crippen LogP contribution in [-0.4, -0.2) is 26.9 Å². The van der Waals surface area contributed by atoms with E-state index in [1.54, 1.807) is 0 Å².